The number of carbonyl (C=O) groups excluding carboxylic acids is 2. The standard InChI is InChI=1S/C37H51N14O22P3/c1-47(2)22(54)8-15-18(70-33(25(15)55)51-14-48(3)24-31(51)45-36(39)46-32(24)58)10-67-74(60,61)72-76(64,65)73-75(62,63)68-11-19-16(28(66-4)35(71-19)50-13-43-23-29(38)41-12-42-30(23)50)7-21(53)40-9-17-26(56)27(57)34(69-17)49-6-5-20(52)44-37(49)59/h5-6,12-19,25-28,33-35,55-57H,7-11H2,1-4H3,(H9-,38,39,40,41,42,44,45,46,52,53,58,59,60,61,62,63,64,65)/p+1/t15-,16-,17-,18-,19?,25-,26-,27-,28-,33-,34-,35-/m1/s1. The molecule has 4 unspecified atom stereocenters. The number of phosphoric acid groups is 3. The number of nitrogen functional groups attached to an aromatic ring is 2. The second kappa shape index (κ2) is 21.9. The van der Waals surface area contributed by atoms with E-state index in [1.807, 2.05) is 4.98 Å². The van der Waals surface area contributed by atoms with Crippen LogP contribution in [0.5, 0.6) is 0 Å². The van der Waals surface area contributed by atoms with Crippen molar-refractivity contribution in [3.63, 3.8) is 0 Å². The number of aromatic nitrogens is 10. The highest BCUT2D eigenvalue weighted by Gasteiger charge is 2.52. The maximum Gasteiger partial charge on any atom is 0.490 e. The normalized spacial score (nSPS) is 29.1. The molecular weight excluding hydrogens is 1090 g/mol. The number of carbonyl (C=O) groups is 2. The Kier molecular flexibility index (Phi) is 16.3. The van der Waals surface area contributed by atoms with Crippen LogP contribution in [0, 0.1) is 11.8 Å². The first-order chi connectivity index (χ1) is 35.7. The van der Waals surface area contributed by atoms with Crippen LogP contribution in [0.3, 0.4) is 0 Å². The van der Waals surface area contributed by atoms with Gasteiger partial charge in [-0.1, -0.05) is 4.98 Å². The highest BCUT2D eigenvalue weighted by Crippen LogP contribution is 2.68. The van der Waals surface area contributed by atoms with Gasteiger partial charge in [0.25, 0.3) is 17.1 Å². The molecule has 3 aliphatic heterocycles. The number of ether oxygens (including phenoxy) is 4. The molecular formula is C37H52N14O22P3+. The number of imidazole rings is 2. The molecule has 416 valence electrons. The number of methoxy groups -OCH3 is 1. The van der Waals surface area contributed by atoms with Crippen molar-refractivity contribution in [2.75, 3.05) is 52.4 Å². The highest BCUT2D eigenvalue weighted by molar-refractivity contribution is 7.66. The van der Waals surface area contributed by atoms with Gasteiger partial charge in [0, 0.05) is 64.7 Å². The second-order valence-electron chi connectivity index (χ2n) is 17.7. The maximum absolute atomic E-state index is 13.6. The molecule has 0 saturated carbocycles. The number of hydrogen-bond donors (Lipinski definition) is 11. The monoisotopic (exact) mass is 1140 g/mol. The van der Waals surface area contributed by atoms with Crippen LogP contribution in [0.1, 0.15) is 31.5 Å². The zero-order valence-corrected chi connectivity index (χ0v) is 42.8. The minimum atomic E-state index is -6.15. The number of rotatable bonds is 20. The molecule has 5 aromatic heterocycles. The maximum atomic E-state index is 13.6. The van der Waals surface area contributed by atoms with Gasteiger partial charge < -0.3 is 70.6 Å². The Morgan fingerprint density at radius 1 is 0.855 bits per heavy atom. The van der Waals surface area contributed by atoms with Crippen LogP contribution >= 0.6 is 23.5 Å². The van der Waals surface area contributed by atoms with Crippen molar-refractivity contribution in [3.05, 3.63) is 62.4 Å². The fourth-order valence-corrected chi connectivity index (χ4v) is 12.5. The van der Waals surface area contributed by atoms with Crippen LogP contribution in [-0.4, -0.2) is 174 Å². The van der Waals surface area contributed by atoms with Crippen molar-refractivity contribution in [3.8, 4) is 0 Å². The number of aliphatic hydroxyl groups excluding tert-OH is 3. The van der Waals surface area contributed by atoms with Gasteiger partial charge in [0.05, 0.1) is 38.8 Å². The van der Waals surface area contributed by atoms with Crippen LogP contribution in [0.2, 0.25) is 0 Å². The molecule has 39 heteroatoms. The summed E-state index contributed by atoms with van der Waals surface area (Å²) in [4.78, 5) is 117. The van der Waals surface area contributed by atoms with Crippen molar-refractivity contribution in [2.24, 2.45) is 18.9 Å². The average Bonchev–Trinajstić information content (AvgIpc) is 4.16. The van der Waals surface area contributed by atoms with Gasteiger partial charge >= 0.3 is 34.8 Å². The van der Waals surface area contributed by atoms with E-state index in [1.54, 1.807) is 0 Å². The van der Waals surface area contributed by atoms with E-state index in [0.717, 1.165) is 23.2 Å². The Balaban J connectivity index is 0.938. The predicted molar refractivity (Wildman–Crippen MR) is 249 cm³/mol. The smallest absolute Gasteiger partial charge is 0.387 e. The third kappa shape index (κ3) is 11.9. The summed E-state index contributed by atoms with van der Waals surface area (Å²) in [5.74, 6) is -4.01. The fraction of sp³-hybridized carbons (Fsp3) is 0.568. The van der Waals surface area contributed by atoms with E-state index in [-0.39, 0.29) is 34.1 Å². The molecule has 3 fully saturated rings. The number of nitrogens with two attached hydrogens (primary N) is 2. The van der Waals surface area contributed by atoms with Crippen LogP contribution in [0.4, 0.5) is 11.8 Å². The molecule has 5 aromatic rings. The summed E-state index contributed by atoms with van der Waals surface area (Å²) in [6, 6.07) is 0.986. The van der Waals surface area contributed by atoms with Gasteiger partial charge in [-0.15, -0.1) is 0 Å². The van der Waals surface area contributed by atoms with Crippen molar-refractivity contribution in [1.82, 2.24) is 53.8 Å². The summed E-state index contributed by atoms with van der Waals surface area (Å²) in [7, 11) is -12.3. The molecule has 0 bridgehead atoms. The van der Waals surface area contributed by atoms with Crippen molar-refractivity contribution < 1.29 is 94.5 Å². The minimum Gasteiger partial charge on any atom is -0.387 e. The van der Waals surface area contributed by atoms with Gasteiger partial charge in [-0.05, 0) is 0 Å². The lowest BCUT2D eigenvalue weighted by Crippen LogP contribution is -2.45. The average molecular weight is 1140 g/mol. The number of aryl methyl sites for hydroxylation is 1. The fourth-order valence-electron chi connectivity index (χ4n) is 8.95. The first-order valence-corrected chi connectivity index (χ1v) is 26.9. The molecule has 2 amide bonds. The Morgan fingerprint density at radius 2 is 1.51 bits per heavy atom. The topological polar surface area (TPSA) is 501 Å². The number of phosphoric ester groups is 2. The molecule has 0 radical (unpaired) electrons. The zero-order valence-electron chi connectivity index (χ0n) is 40.1. The lowest BCUT2D eigenvalue weighted by atomic mass is 9.93. The molecule has 0 spiro atoms. The molecule has 8 heterocycles. The molecule has 0 aromatic carbocycles. The lowest BCUT2D eigenvalue weighted by molar-refractivity contribution is -0.745. The second-order valence-corrected chi connectivity index (χ2v) is 22.3. The minimum absolute atomic E-state index is 0.00670. The molecule has 15 atom stereocenters. The van der Waals surface area contributed by atoms with Crippen LogP contribution in [0.25, 0.3) is 22.3 Å². The van der Waals surface area contributed by atoms with Crippen LogP contribution in [-0.2, 0) is 66.9 Å². The van der Waals surface area contributed by atoms with Crippen LogP contribution < -0.4 is 38.2 Å². The third-order valence-electron chi connectivity index (χ3n) is 12.5. The number of nitrogens with one attached hydrogen (secondary N) is 3. The SMILES string of the molecule is CO[C@@H]1[C@H](CC(=O)NC[C@H]2O[C@@H](n3ccc(=O)[nH]c3=O)[C@H](O)[C@@H]2O)C(COP(=O)(O)OP(=O)(O)OP(=O)(O)OC[C@H]2O[C@@H]([n+]3cn(C)c4c(=O)[nH]c(N)nc43)[C@H](O)[C@@H]2CC(=O)N(C)C)O[C@H]1n1cnc2c(N)ncnc21. The Hall–Kier alpha value is -5.75. The molecule has 0 aliphatic carbocycles. The van der Waals surface area contributed by atoms with Gasteiger partial charge in [-0.25, -0.2) is 38.0 Å². The van der Waals surface area contributed by atoms with Gasteiger partial charge in [-0.2, -0.15) is 8.62 Å². The van der Waals surface area contributed by atoms with E-state index in [0.29, 0.717) is 0 Å². The summed E-state index contributed by atoms with van der Waals surface area (Å²) < 4.78 is 86.5. The first-order valence-electron chi connectivity index (χ1n) is 22.4. The van der Waals surface area contributed by atoms with E-state index in [4.69, 9.17) is 39.5 Å². The largest absolute Gasteiger partial charge is 0.490 e. The summed E-state index contributed by atoms with van der Waals surface area (Å²) in [6.45, 7) is -2.52. The van der Waals surface area contributed by atoms with E-state index in [9.17, 15) is 67.7 Å². The number of amides is 2. The molecule has 36 nitrogen and oxygen atoms in total. The van der Waals surface area contributed by atoms with E-state index >= 15 is 0 Å². The molecule has 8 rings (SSSR count). The summed E-state index contributed by atoms with van der Waals surface area (Å²) >= 11 is 0. The van der Waals surface area contributed by atoms with Crippen molar-refractivity contribution in [2.45, 2.75) is 74.3 Å². The Bertz CT molecular complexity index is 3330. The Morgan fingerprint density at radius 3 is 2.16 bits per heavy atom. The number of H-pyrrole nitrogens is 2. The van der Waals surface area contributed by atoms with Gasteiger partial charge in [0.1, 0.15) is 42.4 Å². The number of fused-ring (bicyclic) bond motifs is 2. The summed E-state index contributed by atoms with van der Waals surface area (Å²) in [5, 5.41) is 35.4. The van der Waals surface area contributed by atoms with Gasteiger partial charge in [-0.3, -0.25) is 51.9 Å². The van der Waals surface area contributed by atoms with E-state index in [1.165, 1.54) is 59.5 Å². The number of anilines is 2. The van der Waals surface area contributed by atoms with Crippen LogP contribution in [0.15, 0.2) is 45.6 Å². The Labute approximate surface area is 424 Å². The molecule has 13 N–H and O–H groups in total. The highest BCUT2D eigenvalue weighted by atomic mass is 31.3. The van der Waals surface area contributed by atoms with Gasteiger partial charge in [0.15, 0.2) is 30.2 Å². The lowest BCUT2D eigenvalue weighted by Gasteiger charge is -2.24. The van der Waals surface area contributed by atoms with Gasteiger partial charge in [0.2, 0.25) is 23.6 Å². The summed E-state index contributed by atoms with van der Waals surface area (Å²) in [6.07, 6.45) is -10.7. The van der Waals surface area contributed by atoms with E-state index < -0.39 is 158 Å². The third-order valence-corrected chi connectivity index (χ3v) is 16.8. The van der Waals surface area contributed by atoms with Crippen molar-refractivity contribution >= 4 is 69.4 Å². The quantitative estimate of drug-likeness (QED) is 0.0258. The van der Waals surface area contributed by atoms with Crippen molar-refractivity contribution in [1.29, 1.82) is 0 Å². The number of hydrogen-bond acceptors (Lipinski definition) is 25. The first kappa shape index (κ1) is 56.5. The molecule has 3 aliphatic rings. The van der Waals surface area contributed by atoms with E-state index in [2.05, 4.69) is 38.9 Å². The number of aromatic amines is 2. The number of aliphatic hydroxyl groups is 3. The summed E-state index contributed by atoms with van der Waals surface area (Å²) in [5.41, 5.74) is 9.60. The predicted octanol–water partition coefficient (Wildman–Crippen LogP) is -4.52. The number of nitrogens with zero attached hydrogens (tertiary/aromatic N) is 9. The zero-order chi connectivity index (χ0) is 55.3. The molecule has 76 heavy (non-hydrogen) atoms. The molecule has 3 saturated heterocycles.